The van der Waals surface area contributed by atoms with Crippen molar-refractivity contribution >= 4 is 0 Å². The molecule has 1 N–H and O–H groups in total. The van der Waals surface area contributed by atoms with Gasteiger partial charge in [-0.2, -0.15) is 0 Å². The molecule has 16 heavy (non-hydrogen) atoms. The number of benzene rings is 1. The van der Waals surface area contributed by atoms with Crippen LogP contribution in [0.1, 0.15) is 42.4 Å². The van der Waals surface area contributed by atoms with Crippen molar-refractivity contribution in [2.45, 2.75) is 45.6 Å². The monoisotopic (exact) mass is 217 g/mol. The van der Waals surface area contributed by atoms with E-state index in [9.17, 15) is 0 Å². The topological polar surface area (TPSA) is 12.0 Å². The summed E-state index contributed by atoms with van der Waals surface area (Å²) in [6.07, 6.45) is 2.65. The van der Waals surface area contributed by atoms with Gasteiger partial charge in [0, 0.05) is 6.04 Å². The van der Waals surface area contributed by atoms with Crippen LogP contribution >= 0.6 is 0 Å². The number of nitrogens with one attached hydrogen (secondary N) is 1. The first-order valence-corrected chi connectivity index (χ1v) is 6.38. The quantitative estimate of drug-likeness (QED) is 0.800. The second-order valence-corrected chi connectivity index (χ2v) is 5.30. The summed E-state index contributed by atoms with van der Waals surface area (Å²) in [4.78, 5) is 0. The van der Waals surface area contributed by atoms with Crippen LogP contribution < -0.4 is 5.32 Å². The minimum Gasteiger partial charge on any atom is -0.317 e. The van der Waals surface area contributed by atoms with Crippen LogP contribution in [-0.4, -0.2) is 13.1 Å². The van der Waals surface area contributed by atoms with Crippen LogP contribution in [0, 0.1) is 19.8 Å². The Labute approximate surface area is 99.3 Å². The summed E-state index contributed by atoms with van der Waals surface area (Å²) in [5.41, 5.74) is 4.40. The summed E-state index contributed by atoms with van der Waals surface area (Å²) >= 11 is 0. The van der Waals surface area contributed by atoms with Crippen LogP contribution in [0.4, 0.5) is 0 Å². The molecule has 0 spiro atoms. The fourth-order valence-corrected chi connectivity index (χ4v) is 3.25. The fourth-order valence-electron chi connectivity index (χ4n) is 3.25. The molecule has 1 heteroatoms. The molecule has 0 aliphatic heterocycles. The number of hydrogen-bond acceptors (Lipinski definition) is 1. The molecule has 1 aromatic rings. The highest BCUT2D eigenvalue weighted by Gasteiger charge is 2.33. The Morgan fingerprint density at radius 2 is 1.94 bits per heavy atom. The van der Waals surface area contributed by atoms with Gasteiger partial charge in [0.15, 0.2) is 0 Å². The molecule has 0 amide bonds. The standard InChI is InChI=1S/C15H23N/c1-10-5-6-13(11(2)9-10)14-7-8-15(16-4)12(14)3/h5-6,9,12,14-16H,7-8H2,1-4H3. The van der Waals surface area contributed by atoms with E-state index in [0.717, 1.165) is 11.8 Å². The Balaban J connectivity index is 2.25. The van der Waals surface area contributed by atoms with Crippen LogP contribution in [0.2, 0.25) is 0 Å². The molecule has 1 nitrogen and oxygen atoms in total. The maximum Gasteiger partial charge on any atom is 0.00957 e. The van der Waals surface area contributed by atoms with E-state index in [0.29, 0.717) is 6.04 Å². The van der Waals surface area contributed by atoms with Gasteiger partial charge in [-0.25, -0.2) is 0 Å². The van der Waals surface area contributed by atoms with E-state index in [-0.39, 0.29) is 0 Å². The summed E-state index contributed by atoms with van der Waals surface area (Å²) in [5.74, 6) is 1.50. The zero-order chi connectivity index (χ0) is 11.7. The first-order chi connectivity index (χ1) is 7.63. The average molecular weight is 217 g/mol. The maximum atomic E-state index is 3.44. The van der Waals surface area contributed by atoms with E-state index >= 15 is 0 Å². The van der Waals surface area contributed by atoms with Crippen LogP contribution in [0.25, 0.3) is 0 Å². The van der Waals surface area contributed by atoms with Crippen molar-refractivity contribution in [3.63, 3.8) is 0 Å². The smallest absolute Gasteiger partial charge is 0.00957 e. The molecule has 1 fully saturated rings. The van der Waals surface area contributed by atoms with E-state index in [1.54, 1.807) is 5.56 Å². The van der Waals surface area contributed by atoms with Crippen molar-refractivity contribution in [3.05, 3.63) is 34.9 Å². The highest BCUT2D eigenvalue weighted by Crippen LogP contribution is 2.40. The van der Waals surface area contributed by atoms with Crippen LogP contribution in [-0.2, 0) is 0 Å². The van der Waals surface area contributed by atoms with E-state index < -0.39 is 0 Å². The minimum atomic E-state index is 0.700. The van der Waals surface area contributed by atoms with Gasteiger partial charge in [0.25, 0.3) is 0 Å². The third-order valence-corrected chi connectivity index (χ3v) is 4.25. The van der Waals surface area contributed by atoms with E-state index in [1.165, 1.54) is 24.0 Å². The highest BCUT2D eigenvalue weighted by atomic mass is 14.9. The lowest BCUT2D eigenvalue weighted by atomic mass is 9.86. The van der Waals surface area contributed by atoms with Gasteiger partial charge in [-0.15, -0.1) is 0 Å². The summed E-state index contributed by atoms with van der Waals surface area (Å²) in [6, 6.07) is 7.60. The third kappa shape index (κ3) is 2.01. The summed E-state index contributed by atoms with van der Waals surface area (Å²) in [6.45, 7) is 6.81. The van der Waals surface area contributed by atoms with Gasteiger partial charge in [-0.05, 0) is 56.7 Å². The molecular formula is C15H23N. The second kappa shape index (κ2) is 4.58. The zero-order valence-corrected chi connectivity index (χ0v) is 10.9. The fraction of sp³-hybridized carbons (Fsp3) is 0.600. The Morgan fingerprint density at radius 1 is 1.19 bits per heavy atom. The zero-order valence-electron chi connectivity index (χ0n) is 10.9. The Hall–Kier alpha value is -0.820. The van der Waals surface area contributed by atoms with E-state index in [2.05, 4.69) is 51.3 Å². The second-order valence-electron chi connectivity index (χ2n) is 5.30. The first kappa shape index (κ1) is 11.7. The molecule has 1 aliphatic carbocycles. The summed E-state index contributed by atoms with van der Waals surface area (Å²) < 4.78 is 0. The van der Waals surface area contributed by atoms with Gasteiger partial charge >= 0.3 is 0 Å². The molecule has 1 saturated carbocycles. The molecule has 2 rings (SSSR count). The normalized spacial score (nSPS) is 29.6. The van der Waals surface area contributed by atoms with Gasteiger partial charge in [0.05, 0.1) is 0 Å². The number of rotatable bonds is 2. The van der Waals surface area contributed by atoms with Gasteiger partial charge in [0.1, 0.15) is 0 Å². The highest BCUT2D eigenvalue weighted by molar-refractivity contribution is 5.34. The minimum absolute atomic E-state index is 0.700. The van der Waals surface area contributed by atoms with Crippen molar-refractivity contribution in [2.24, 2.45) is 5.92 Å². The number of hydrogen-bond donors (Lipinski definition) is 1. The van der Waals surface area contributed by atoms with Crippen molar-refractivity contribution < 1.29 is 0 Å². The molecule has 0 heterocycles. The predicted molar refractivity (Wildman–Crippen MR) is 69.9 cm³/mol. The molecule has 3 unspecified atom stereocenters. The average Bonchev–Trinajstić information content (AvgIpc) is 2.60. The van der Waals surface area contributed by atoms with Crippen molar-refractivity contribution in [1.29, 1.82) is 0 Å². The molecule has 3 atom stereocenters. The molecule has 0 saturated heterocycles. The van der Waals surface area contributed by atoms with Crippen LogP contribution in [0.3, 0.4) is 0 Å². The number of aryl methyl sites for hydroxylation is 2. The Bertz CT molecular complexity index is 370. The molecule has 1 aliphatic rings. The lowest BCUT2D eigenvalue weighted by molar-refractivity contribution is 0.428. The Kier molecular flexibility index (Phi) is 3.34. The van der Waals surface area contributed by atoms with Gasteiger partial charge in [-0.3, -0.25) is 0 Å². The van der Waals surface area contributed by atoms with Crippen molar-refractivity contribution in [2.75, 3.05) is 7.05 Å². The van der Waals surface area contributed by atoms with Crippen LogP contribution in [0.5, 0.6) is 0 Å². The van der Waals surface area contributed by atoms with Gasteiger partial charge in [0.2, 0.25) is 0 Å². The third-order valence-electron chi connectivity index (χ3n) is 4.25. The summed E-state index contributed by atoms with van der Waals surface area (Å²) in [7, 11) is 2.09. The lowest BCUT2D eigenvalue weighted by Gasteiger charge is -2.22. The van der Waals surface area contributed by atoms with Crippen molar-refractivity contribution in [3.8, 4) is 0 Å². The van der Waals surface area contributed by atoms with E-state index in [4.69, 9.17) is 0 Å². The largest absolute Gasteiger partial charge is 0.317 e. The molecule has 0 aromatic heterocycles. The molecule has 0 bridgehead atoms. The first-order valence-electron chi connectivity index (χ1n) is 6.38. The molecule has 0 radical (unpaired) electrons. The van der Waals surface area contributed by atoms with Crippen molar-refractivity contribution in [1.82, 2.24) is 5.32 Å². The molecular weight excluding hydrogens is 194 g/mol. The van der Waals surface area contributed by atoms with Gasteiger partial charge in [-0.1, -0.05) is 30.7 Å². The molecule has 88 valence electrons. The van der Waals surface area contributed by atoms with E-state index in [1.807, 2.05) is 0 Å². The summed E-state index contributed by atoms with van der Waals surface area (Å²) in [5, 5.41) is 3.44. The maximum absolute atomic E-state index is 3.44. The lowest BCUT2D eigenvalue weighted by Crippen LogP contribution is -2.28. The van der Waals surface area contributed by atoms with Crippen LogP contribution in [0.15, 0.2) is 18.2 Å². The van der Waals surface area contributed by atoms with Gasteiger partial charge < -0.3 is 5.32 Å². The SMILES string of the molecule is CNC1CCC(c2ccc(C)cc2C)C1C. The Morgan fingerprint density at radius 3 is 2.50 bits per heavy atom. The molecule has 1 aromatic carbocycles. The predicted octanol–water partition coefficient (Wildman–Crippen LogP) is 3.40.